The average Bonchev–Trinajstić information content (AvgIpc) is 2.69. The van der Waals surface area contributed by atoms with Gasteiger partial charge in [-0.3, -0.25) is 4.79 Å². The third-order valence-corrected chi connectivity index (χ3v) is 4.00. The van der Waals surface area contributed by atoms with Gasteiger partial charge in [-0.2, -0.15) is 0 Å². The Bertz CT molecular complexity index is 469. The highest BCUT2D eigenvalue weighted by atomic mass is 79.9. The van der Waals surface area contributed by atoms with Crippen molar-refractivity contribution in [2.24, 2.45) is 5.73 Å². The number of hydrogen-bond donors (Lipinski definition) is 1. The van der Waals surface area contributed by atoms with Crippen LogP contribution in [0.2, 0.25) is 5.02 Å². The normalized spacial score (nSPS) is 19.8. The van der Waals surface area contributed by atoms with Gasteiger partial charge in [-0.25, -0.2) is 4.39 Å². The molecular weight excluding hydrogens is 310 g/mol. The molecule has 1 amide bonds. The van der Waals surface area contributed by atoms with Crippen LogP contribution in [-0.2, 0) is 0 Å². The molecule has 2 rings (SSSR count). The zero-order chi connectivity index (χ0) is 12.6. The first-order chi connectivity index (χ1) is 7.99. The van der Waals surface area contributed by atoms with Crippen molar-refractivity contribution in [2.45, 2.75) is 12.5 Å². The second-order valence-electron chi connectivity index (χ2n) is 4.05. The van der Waals surface area contributed by atoms with Crippen LogP contribution in [-0.4, -0.2) is 29.9 Å². The molecule has 0 saturated carbocycles. The molecular formula is C11H11BrClFN2O. The predicted octanol–water partition coefficient (Wildman–Crippen LogP) is 2.41. The number of hydrogen-bond acceptors (Lipinski definition) is 2. The SMILES string of the molecule is NC1CCN(C(=O)c2cc(F)cc(Br)c2Cl)C1. The first kappa shape index (κ1) is 12.8. The molecule has 1 aromatic rings. The van der Waals surface area contributed by atoms with Gasteiger partial charge in [-0.05, 0) is 34.5 Å². The maximum absolute atomic E-state index is 13.2. The highest BCUT2D eigenvalue weighted by Crippen LogP contribution is 2.29. The van der Waals surface area contributed by atoms with Gasteiger partial charge < -0.3 is 10.6 Å². The highest BCUT2D eigenvalue weighted by Gasteiger charge is 2.26. The van der Waals surface area contributed by atoms with E-state index in [-0.39, 0.29) is 22.5 Å². The number of benzene rings is 1. The van der Waals surface area contributed by atoms with Crippen LogP contribution in [0.4, 0.5) is 4.39 Å². The minimum Gasteiger partial charge on any atom is -0.337 e. The Morgan fingerprint density at radius 2 is 2.29 bits per heavy atom. The zero-order valence-corrected chi connectivity index (χ0v) is 11.3. The maximum atomic E-state index is 13.2. The molecule has 0 aliphatic carbocycles. The molecule has 1 aromatic carbocycles. The number of carbonyl (C=O) groups is 1. The van der Waals surface area contributed by atoms with E-state index in [0.717, 1.165) is 12.5 Å². The van der Waals surface area contributed by atoms with E-state index in [1.807, 2.05) is 0 Å². The summed E-state index contributed by atoms with van der Waals surface area (Å²) >= 11 is 9.10. The van der Waals surface area contributed by atoms with Crippen LogP contribution in [0.15, 0.2) is 16.6 Å². The first-order valence-electron chi connectivity index (χ1n) is 5.18. The number of nitrogens with zero attached hydrogens (tertiary/aromatic N) is 1. The van der Waals surface area contributed by atoms with E-state index in [2.05, 4.69) is 15.9 Å². The fourth-order valence-electron chi connectivity index (χ4n) is 1.85. The Kier molecular flexibility index (Phi) is 3.70. The number of carbonyl (C=O) groups excluding carboxylic acids is 1. The van der Waals surface area contributed by atoms with Crippen LogP contribution in [0, 0.1) is 5.82 Å². The molecule has 1 aliphatic heterocycles. The van der Waals surface area contributed by atoms with Crippen molar-refractivity contribution in [2.75, 3.05) is 13.1 Å². The van der Waals surface area contributed by atoms with Crippen LogP contribution in [0.3, 0.4) is 0 Å². The molecule has 0 spiro atoms. The Hall–Kier alpha value is -0.650. The molecule has 1 aliphatic rings. The fraction of sp³-hybridized carbons (Fsp3) is 0.364. The molecule has 1 saturated heterocycles. The quantitative estimate of drug-likeness (QED) is 0.808. The molecule has 3 nitrogen and oxygen atoms in total. The molecule has 1 heterocycles. The van der Waals surface area contributed by atoms with Crippen molar-refractivity contribution in [1.29, 1.82) is 0 Å². The minimum absolute atomic E-state index is 0.00488. The zero-order valence-electron chi connectivity index (χ0n) is 8.92. The summed E-state index contributed by atoms with van der Waals surface area (Å²) in [6.07, 6.45) is 0.764. The molecule has 17 heavy (non-hydrogen) atoms. The van der Waals surface area contributed by atoms with E-state index in [1.54, 1.807) is 4.90 Å². The first-order valence-corrected chi connectivity index (χ1v) is 6.35. The molecule has 1 fully saturated rings. The molecule has 92 valence electrons. The van der Waals surface area contributed by atoms with Crippen LogP contribution in [0.1, 0.15) is 16.8 Å². The lowest BCUT2D eigenvalue weighted by Gasteiger charge is -2.17. The number of halogens is 3. The molecule has 0 aromatic heterocycles. The van der Waals surface area contributed by atoms with E-state index in [9.17, 15) is 9.18 Å². The van der Waals surface area contributed by atoms with Crippen LogP contribution < -0.4 is 5.73 Å². The minimum atomic E-state index is -0.492. The van der Waals surface area contributed by atoms with E-state index >= 15 is 0 Å². The van der Waals surface area contributed by atoms with Gasteiger partial charge in [-0.1, -0.05) is 11.6 Å². The Morgan fingerprint density at radius 3 is 2.88 bits per heavy atom. The number of nitrogens with two attached hydrogens (primary N) is 1. The highest BCUT2D eigenvalue weighted by molar-refractivity contribution is 9.10. The lowest BCUT2D eigenvalue weighted by Crippen LogP contribution is -2.32. The largest absolute Gasteiger partial charge is 0.337 e. The second kappa shape index (κ2) is 4.92. The van der Waals surface area contributed by atoms with Gasteiger partial charge in [0, 0.05) is 23.6 Å². The van der Waals surface area contributed by atoms with Gasteiger partial charge in [0.1, 0.15) is 5.82 Å². The van der Waals surface area contributed by atoms with Crippen LogP contribution in [0.5, 0.6) is 0 Å². The lowest BCUT2D eigenvalue weighted by molar-refractivity contribution is 0.0790. The Labute approximate surface area is 112 Å². The van der Waals surface area contributed by atoms with Crippen LogP contribution >= 0.6 is 27.5 Å². The summed E-state index contributed by atoms with van der Waals surface area (Å²) in [5.74, 6) is -0.767. The Morgan fingerprint density at radius 1 is 1.59 bits per heavy atom. The standard InChI is InChI=1S/C11H11BrClFN2O/c12-9-4-6(14)3-8(10(9)13)11(17)16-2-1-7(15)5-16/h3-4,7H,1-2,5,15H2. The fourth-order valence-corrected chi connectivity index (χ4v) is 2.48. The predicted molar refractivity (Wildman–Crippen MR) is 67.6 cm³/mol. The van der Waals surface area contributed by atoms with Gasteiger partial charge >= 0.3 is 0 Å². The molecule has 6 heteroatoms. The van der Waals surface area contributed by atoms with Gasteiger partial charge in [0.15, 0.2) is 0 Å². The lowest BCUT2D eigenvalue weighted by atomic mass is 10.2. The van der Waals surface area contributed by atoms with E-state index in [1.165, 1.54) is 6.07 Å². The molecule has 0 bridgehead atoms. The molecule has 0 radical (unpaired) electrons. The third-order valence-electron chi connectivity index (χ3n) is 2.74. The van der Waals surface area contributed by atoms with Crippen molar-refractivity contribution in [3.8, 4) is 0 Å². The van der Waals surface area contributed by atoms with Gasteiger partial charge in [0.05, 0.1) is 10.6 Å². The smallest absolute Gasteiger partial charge is 0.255 e. The topological polar surface area (TPSA) is 46.3 Å². The summed E-state index contributed by atoms with van der Waals surface area (Å²) in [6, 6.07) is 2.38. The van der Waals surface area contributed by atoms with Crippen molar-refractivity contribution in [3.05, 3.63) is 33.0 Å². The van der Waals surface area contributed by atoms with Crippen LogP contribution in [0.25, 0.3) is 0 Å². The number of likely N-dealkylation sites (tertiary alicyclic amines) is 1. The molecule has 2 N–H and O–H groups in total. The van der Waals surface area contributed by atoms with Gasteiger partial charge in [0.2, 0.25) is 0 Å². The van der Waals surface area contributed by atoms with Crippen molar-refractivity contribution in [3.63, 3.8) is 0 Å². The van der Waals surface area contributed by atoms with Crippen molar-refractivity contribution >= 4 is 33.4 Å². The van der Waals surface area contributed by atoms with E-state index < -0.39 is 5.82 Å². The van der Waals surface area contributed by atoms with Crippen molar-refractivity contribution in [1.82, 2.24) is 4.90 Å². The Balaban J connectivity index is 2.31. The molecule has 1 unspecified atom stereocenters. The summed E-state index contributed by atoms with van der Waals surface area (Å²) in [5.41, 5.74) is 5.90. The van der Waals surface area contributed by atoms with E-state index in [0.29, 0.717) is 17.6 Å². The summed E-state index contributed by atoms with van der Waals surface area (Å²) in [4.78, 5) is 13.7. The average molecular weight is 322 g/mol. The summed E-state index contributed by atoms with van der Waals surface area (Å²) < 4.78 is 13.6. The summed E-state index contributed by atoms with van der Waals surface area (Å²) in [6.45, 7) is 1.08. The van der Waals surface area contributed by atoms with Gasteiger partial charge in [-0.15, -0.1) is 0 Å². The van der Waals surface area contributed by atoms with Crippen molar-refractivity contribution < 1.29 is 9.18 Å². The second-order valence-corrected chi connectivity index (χ2v) is 5.28. The maximum Gasteiger partial charge on any atom is 0.255 e. The van der Waals surface area contributed by atoms with E-state index in [4.69, 9.17) is 17.3 Å². The molecule has 1 atom stereocenters. The number of rotatable bonds is 1. The van der Waals surface area contributed by atoms with Gasteiger partial charge in [0.25, 0.3) is 5.91 Å². The number of amides is 1. The summed E-state index contributed by atoms with van der Waals surface area (Å²) in [5, 5.41) is 0.233. The summed E-state index contributed by atoms with van der Waals surface area (Å²) in [7, 11) is 0. The monoisotopic (exact) mass is 320 g/mol. The third kappa shape index (κ3) is 2.61.